The summed E-state index contributed by atoms with van der Waals surface area (Å²) < 4.78 is 4.98. The number of hydrogen-bond acceptors (Lipinski definition) is 8. The van der Waals surface area contributed by atoms with Gasteiger partial charge in [-0.2, -0.15) is 15.0 Å². The Hall–Kier alpha value is -1.93. The number of nitrogens with two attached hydrogens (primary N) is 1. The first-order valence-corrected chi connectivity index (χ1v) is 6.70. The molecule has 2 rings (SSSR count). The maximum absolute atomic E-state index is 5.29. The minimum absolute atomic E-state index is 0.215. The van der Waals surface area contributed by atoms with Crippen molar-refractivity contribution in [2.45, 2.75) is 19.9 Å². The number of hydrazine groups is 1. The lowest BCUT2D eigenvalue weighted by Gasteiger charge is -2.07. The van der Waals surface area contributed by atoms with Crippen LogP contribution in [0, 0.1) is 0 Å². The number of anilines is 2. The van der Waals surface area contributed by atoms with Crippen molar-refractivity contribution in [2.75, 3.05) is 17.9 Å². The molecule has 0 aliphatic heterocycles. The molecule has 2 aromatic rings. The summed E-state index contributed by atoms with van der Waals surface area (Å²) in [4.78, 5) is 13.4. The fourth-order valence-corrected chi connectivity index (χ4v) is 2.50. The molecule has 0 spiro atoms. The molecule has 0 amide bonds. The summed E-state index contributed by atoms with van der Waals surface area (Å²) in [5, 5.41) is 5.22. The second-order valence-electron chi connectivity index (χ2n) is 3.69. The van der Waals surface area contributed by atoms with E-state index in [1.165, 1.54) is 17.6 Å². The van der Waals surface area contributed by atoms with Crippen molar-refractivity contribution in [3.8, 4) is 6.01 Å². The molecule has 0 aliphatic carbocycles. The lowest BCUT2D eigenvalue weighted by atomic mass is 10.2. The van der Waals surface area contributed by atoms with Gasteiger partial charge in [0.25, 0.3) is 0 Å². The monoisotopic (exact) mass is 280 g/mol. The average Bonchev–Trinajstić information content (AvgIpc) is 2.92. The second-order valence-corrected chi connectivity index (χ2v) is 4.69. The molecular weight excluding hydrogens is 264 g/mol. The number of hydrogen-bond donors (Lipinski definition) is 3. The Kier molecular flexibility index (Phi) is 4.48. The summed E-state index contributed by atoms with van der Waals surface area (Å²) in [6.07, 6.45) is 1.01. The normalized spacial score (nSPS) is 10.3. The van der Waals surface area contributed by atoms with Gasteiger partial charge in [0.1, 0.15) is 0 Å². The van der Waals surface area contributed by atoms with Crippen LogP contribution < -0.4 is 21.3 Å². The molecule has 7 nitrogen and oxygen atoms in total. The van der Waals surface area contributed by atoms with Crippen molar-refractivity contribution in [3.63, 3.8) is 0 Å². The number of aryl methyl sites for hydroxylation is 1. The molecule has 0 saturated heterocycles. The summed E-state index contributed by atoms with van der Waals surface area (Å²) in [6.45, 7) is 2.80. The summed E-state index contributed by atoms with van der Waals surface area (Å²) in [5.74, 6) is 5.98. The molecule has 0 aliphatic rings. The van der Waals surface area contributed by atoms with Gasteiger partial charge >= 0.3 is 6.01 Å². The summed E-state index contributed by atoms with van der Waals surface area (Å²) in [5.41, 5.74) is 3.71. The minimum Gasteiger partial charge on any atom is -0.467 e. The lowest BCUT2D eigenvalue weighted by Crippen LogP contribution is -2.14. The first-order chi connectivity index (χ1) is 9.26. The van der Waals surface area contributed by atoms with E-state index in [1.54, 1.807) is 11.3 Å². The van der Waals surface area contributed by atoms with E-state index in [1.807, 2.05) is 0 Å². The van der Waals surface area contributed by atoms with Crippen LogP contribution in [0.4, 0.5) is 11.9 Å². The molecule has 19 heavy (non-hydrogen) atoms. The fraction of sp³-hybridized carbons (Fsp3) is 0.364. The summed E-state index contributed by atoms with van der Waals surface area (Å²) >= 11 is 1.71. The number of aromatic nitrogens is 3. The zero-order valence-corrected chi connectivity index (χ0v) is 11.6. The van der Waals surface area contributed by atoms with E-state index in [4.69, 9.17) is 10.6 Å². The quantitative estimate of drug-likeness (QED) is 0.543. The first kappa shape index (κ1) is 13.5. The van der Waals surface area contributed by atoms with E-state index in [9.17, 15) is 0 Å². The SMILES string of the molecule is CCc1ccsc1CNc1nc(NN)nc(OC)n1. The van der Waals surface area contributed by atoms with Crippen LogP contribution in [0.2, 0.25) is 0 Å². The van der Waals surface area contributed by atoms with E-state index < -0.39 is 0 Å². The van der Waals surface area contributed by atoms with Gasteiger partial charge in [0, 0.05) is 4.88 Å². The molecule has 2 aromatic heterocycles. The number of nitrogens with zero attached hydrogens (tertiary/aromatic N) is 3. The van der Waals surface area contributed by atoms with Gasteiger partial charge < -0.3 is 10.1 Å². The van der Waals surface area contributed by atoms with Gasteiger partial charge in [-0.1, -0.05) is 6.92 Å². The van der Waals surface area contributed by atoms with Crippen molar-refractivity contribution in [1.82, 2.24) is 15.0 Å². The molecule has 0 unspecified atom stereocenters. The molecule has 102 valence electrons. The van der Waals surface area contributed by atoms with E-state index in [0.717, 1.165) is 6.42 Å². The van der Waals surface area contributed by atoms with Crippen molar-refractivity contribution < 1.29 is 4.74 Å². The molecule has 0 bridgehead atoms. The number of methoxy groups -OCH3 is 1. The summed E-state index contributed by atoms with van der Waals surface area (Å²) in [6, 6.07) is 2.34. The highest BCUT2D eigenvalue weighted by Crippen LogP contribution is 2.19. The third-order valence-electron chi connectivity index (χ3n) is 2.55. The number of nitrogens with one attached hydrogen (secondary N) is 2. The Morgan fingerprint density at radius 2 is 2.11 bits per heavy atom. The molecule has 0 radical (unpaired) electrons. The standard InChI is InChI=1S/C11H16N6OS/c1-3-7-4-5-19-8(7)6-13-9-14-10(17-12)16-11(15-9)18-2/h4-5H,3,6,12H2,1-2H3,(H2,13,14,15,16,17). The van der Waals surface area contributed by atoms with E-state index in [0.29, 0.717) is 12.5 Å². The Morgan fingerprint density at radius 3 is 2.79 bits per heavy atom. The molecule has 2 heterocycles. The Morgan fingerprint density at radius 1 is 1.32 bits per heavy atom. The van der Waals surface area contributed by atoms with Gasteiger partial charge in [0.15, 0.2) is 0 Å². The number of ether oxygens (including phenoxy) is 1. The number of thiophene rings is 1. The largest absolute Gasteiger partial charge is 0.467 e. The third-order valence-corrected chi connectivity index (χ3v) is 3.52. The van der Waals surface area contributed by atoms with Gasteiger partial charge in [-0.15, -0.1) is 11.3 Å². The predicted molar refractivity (Wildman–Crippen MR) is 75.2 cm³/mol. The maximum Gasteiger partial charge on any atom is 0.322 e. The average molecular weight is 280 g/mol. The lowest BCUT2D eigenvalue weighted by molar-refractivity contribution is 0.379. The van der Waals surface area contributed by atoms with Crippen LogP contribution in [0.1, 0.15) is 17.4 Å². The highest BCUT2D eigenvalue weighted by Gasteiger charge is 2.07. The van der Waals surface area contributed by atoms with Crippen molar-refractivity contribution in [1.29, 1.82) is 0 Å². The van der Waals surface area contributed by atoms with Gasteiger partial charge in [-0.25, -0.2) is 5.84 Å². The Balaban J connectivity index is 2.10. The van der Waals surface area contributed by atoms with E-state index in [2.05, 4.69) is 44.1 Å². The summed E-state index contributed by atoms with van der Waals surface area (Å²) in [7, 11) is 1.49. The topological polar surface area (TPSA) is 98.0 Å². The zero-order chi connectivity index (χ0) is 13.7. The van der Waals surface area contributed by atoms with Crippen LogP contribution in [-0.2, 0) is 13.0 Å². The third kappa shape index (κ3) is 3.30. The molecule has 0 saturated carbocycles. The van der Waals surface area contributed by atoms with Gasteiger partial charge in [0.2, 0.25) is 11.9 Å². The van der Waals surface area contributed by atoms with E-state index >= 15 is 0 Å². The van der Waals surface area contributed by atoms with Crippen LogP contribution in [0.15, 0.2) is 11.4 Å². The zero-order valence-electron chi connectivity index (χ0n) is 10.8. The van der Waals surface area contributed by atoms with Crippen LogP contribution in [0.3, 0.4) is 0 Å². The minimum atomic E-state index is 0.215. The van der Waals surface area contributed by atoms with Crippen LogP contribution in [0.5, 0.6) is 6.01 Å². The van der Waals surface area contributed by atoms with Crippen molar-refractivity contribution in [3.05, 3.63) is 21.9 Å². The molecule has 8 heteroatoms. The fourth-order valence-electron chi connectivity index (χ4n) is 1.59. The van der Waals surface area contributed by atoms with Crippen molar-refractivity contribution >= 4 is 23.2 Å². The Bertz CT molecular complexity index is 521. The van der Waals surface area contributed by atoms with Gasteiger partial charge in [-0.3, -0.25) is 5.43 Å². The highest BCUT2D eigenvalue weighted by molar-refractivity contribution is 7.10. The maximum atomic E-state index is 5.29. The van der Waals surface area contributed by atoms with Crippen LogP contribution >= 0.6 is 11.3 Å². The molecular formula is C11H16N6OS. The first-order valence-electron chi connectivity index (χ1n) is 5.82. The highest BCUT2D eigenvalue weighted by atomic mass is 32.1. The van der Waals surface area contributed by atoms with Crippen LogP contribution in [0.25, 0.3) is 0 Å². The van der Waals surface area contributed by atoms with E-state index in [-0.39, 0.29) is 12.0 Å². The van der Waals surface area contributed by atoms with Gasteiger partial charge in [0.05, 0.1) is 13.7 Å². The predicted octanol–water partition coefficient (Wildman–Crippen LogP) is 1.40. The van der Waals surface area contributed by atoms with Crippen molar-refractivity contribution in [2.24, 2.45) is 5.84 Å². The number of rotatable bonds is 6. The smallest absolute Gasteiger partial charge is 0.322 e. The Labute approximate surface area is 115 Å². The number of nitrogen functional groups attached to an aromatic ring is 1. The molecule has 0 atom stereocenters. The van der Waals surface area contributed by atoms with Gasteiger partial charge in [-0.05, 0) is 23.4 Å². The second kappa shape index (κ2) is 6.30. The molecule has 0 fully saturated rings. The molecule has 0 aromatic carbocycles. The van der Waals surface area contributed by atoms with Crippen LogP contribution in [-0.4, -0.2) is 22.1 Å². The molecule has 4 N–H and O–H groups in total.